The van der Waals surface area contributed by atoms with E-state index in [1.165, 1.54) is 6.07 Å². The first-order chi connectivity index (χ1) is 9.08. The van der Waals surface area contributed by atoms with E-state index in [2.05, 4.69) is 0 Å². The summed E-state index contributed by atoms with van der Waals surface area (Å²) in [5.41, 5.74) is 1.68. The Labute approximate surface area is 110 Å². The van der Waals surface area contributed by atoms with Crippen molar-refractivity contribution in [1.82, 2.24) is 4.57 Å². The number of carbonyl (C=O) groups is 1. The van der Waals surface area contributed by atoms with Crippen LogP contribution in [0.5, 0.6) is 0 Å². The molecule has 1 heterocycles. The average molecular weight is 257 g/mol. The number of aromatic nitrogens is 1. The molecule has 1 unspecified atom stereocenters. The predicted molar refractivity (Wildman–Crippen MR) is 72.3 cm³/mol. The summed E-state index contributed by atoms with van der Waals surface area (Å²) in [7, 11) is 0. The molecule has 1 atom stereocenters. The van der Waals surface area contributed by atoms with Gasteiger partial charge in [-0.2, -0.15) is 0 Å². The fraction of sp³-hybridized carbons (Fsp3) is 0.200. The van der Waals surface area contributed by atoms with Crippen LogP contribution < -0.4 is 5.56 Å². The number of aliphatic carboxylic acids is 1. The third-order valence-corrected chi connectivity index (χ3v) is 3.10. The summed E-state index contributed by atoms with van der Waals surface area (Å²) in [6.45, 7) is 2.14. The zero-order valence-electron chi connectivity index (χ0n) is 10.6. The molecule has 2 aromatic rings. The second kappa shape index (κ2) is 5.52. The van der Waals surface area contributed by atoms with Crippen LogP contribution in [0, 0.1) is 0 Å². The lowest BCUT2D eigenvalue weighted by atomic mass is 10.00. The van der Waals surface area contributed by atoms with E-state index in [1.54, 1.807) is 35.9 Å². The molecule has 0 spiro atoms. The Morgan fingerprint density at radius 2 is 1.89 bits per heavy atom. The second-order valence-corrected chi connectivity index (χ2v) is 4.47. The van der Waals surface area contributed by atoms with Crippen molar-refractivity contribution in [3.63, 3.8) is 0 Å². The molecule has 1 N–H and O–H groups in total. The molecule has 0 aliphatic carbocycles. The molecule has 0 fully saturated rings. The van der Waals surface area contributed by atoms with E-state index in [0.29, 0.717) is 6.54 Å². The highest BCUT2D eigenvalue weighted by Crippen LogP contribution is 2.16. The zero-order chi connectivity index (χ0) is 13.8. The third kappa shape index (κ3) is 3.10. The molecule has 4 nitrogen and oxygen atoms in total. The summed E-state index contributed by atoms with van der Waals surface area (Å²) in [4.78, 5) is 22.4. The van der Waals surface area contributed by atoms with Crippen LogP contribution in [0.2, 0.25) is 0 Å². The number of carboxylic acid groups (broad SMARTS) is 1. The molecular formula is C15H15NO3. The topological polar surface area (TPSA) is 59.3 Å². The van der Waals surface area contributed by atoms with E-state index in [-0.39, 0.29) is 5.56 Å². The standard InChI is InChI=1S/C15H15NO3/c1-11(15(18)19)13-7-5-12(6-8-13)10-16-9-3-2-4-14(16)17/h2-9,11H,10H2,1H3,(H,18,19). The number of hydrogen-bond donors (Lipinski definition) is 1. The van der Waals surface area contributed by atoms with E-state index in [9.17, 15) is 9.59 Å². The third-order valence-electron chi connectivity index (χ3n) is 3.10. The van der Waals surface area contributed by atoms with E-state index in [4.69, 9.17) is 5.11 Å². The van der Waals surface area contributed by atoms with Crippen molar-refractivity contribution in [2.45, 2.75) is 19.4 Å². The lowest BCUT2D eigenvalue weighted by molar-refractivity contribution is -0.138. The van der Waals surface area contributed by atoms with Gasteiger partial charge in [0, 0.05) is 12.3 Å². The molecule has 1 aromatic carbocycles. The van der Waals surface area contributed by atoms with E-state index in [0.717, 1.165) is 11.1 Å². The van der Waals surface area contributed by atoms with Crippen LogP contribution in [0.25, 0.3) is 0 Å². The van der Waals surface area contributed by atoms with Crippen LogP contribution in [-0.2, 0) is 11.3 Å². The lowest BCUT2D eigenvalue weighted by Crippen LogP contribution is -2.18. The van der Waals surface area contributed by atoms with E-state index in [1.807, 2.05) is 18.2 Å². The van der Waals surface area contributed by atoms with Gasteiger partial charge < -0.3 is 9.67 Å². The number of benzene rings is 1. The van der Waals surface area contributed by atoms with Gasteiger partial charge in [0.1, 0.15) is 0 Å². The summed E-state index contributed by atoms with van der Waals surface area (Å²) in [6, 6.07) is 12.3. The Balaban J connectivity index is 2.18. The van der Waals surface area contributed by atoms with Gasteiger partial charge in [0.05, 0.1) is 12.5 Å². The normalized spacial score (nSPS) is 12.1. The van der Waals surface area contributed by atoms with Crippen LogP contribution in [0.15, 0.2) is 53.5 Å². The SMILES string of the molecule is CC(C(=O)O)c1ccc(Cn2ccccc2=O)cc1. The summed E-state index contributed by atoms with van der Waals surface area (Å²) in [5, 5.41) is 8.93. The highest BCUT2D eigenvalue weighted by atomic mass is 16.4. The van der Waals surface area contributed by atoms with Crippen LogP contribution in [0.4, 0.5) is 0 Å². The number of nitrogens with zero attached hydrogens (tertiary/aromatic N) is 1. The van der Waals surface area contributed by atoms with Gasteiger partial charge in [0.15, 0.2) is 0 Å². The number of hydrogen-bond acceptors (Lipinski definition) is 2. The van der Waals surface area contributed by atoms with Crippen molar-refractivity contribution < 1.29 is 9.90 Å². The Morgan fingerprint density at radius 3 is 2.47 bits per heavy atom. The lowest BCUT2D eigenvalue weighted by Gasteiger charge is -2.09. The van der Waals surface area contributed by atoms with Crippen molar-refractivity contribution in [2.75, 3.05) is 0 Å². The minimum Gasteiger partial charge on any atom is -0.481 e. The average Bonchev–Trinajstić information content (AvgIpc) is 2.41. The van der Waals surface area contributed by atoms with Crippen molar-refractivity contribution in [3.8, 4) is 0 Å². The predicted octanol–water partition coefficient (Wildman–Crippen LogP) is 2.08. The van der Waals surface area contributed by atoms with Crippen LogP contribution in [0.1, 0.15) is 24.0 Å². The quantitative estimate of drug-likeness (QED) is 0.912. The van der Waals surface area contributed by atoms with Crippen molar-refractivity contribution in [3.05, 3.63) is 70.1 Å². The maximum Gasteiger partial charge on any atom is 0.310 e. The van der Waals surface area contributed by atoms with Gasteiger partial charge >= 0.3 is 5.97 Å². The van der Waals surface area contributed by atoms with E-state index < -0.39 is 11.9 Å². The summed E-state index contributed by atoms with van der Waals surface area (Å²) >= 11 is 0. The largest absolute Gasteiger partial charge is 0.481 e. The molecule has 98 valence electrons. The van der Waals surface area contributed by atoms with Gasteiger partial charge in [0.25, 0.3) is 5.56 Å². The molecule has 0 aliphatic heterocycles. The minimum atomic E-state index is -0.841. The minimum absolute atomic E-state index is 0.0505. The first-order valence-corrected chi connectivity index (χ1v) is 6.05. The van der Waals surface area contributed by atoms with Gasteiger partial charge in [-0.05, 0) is 24.1 Å². The van der Waals surface area contributed by atoms with E-state index >= 15 is 0 Å². The molecule has 19 heavy (non-hydrogen) atoms. The van der Waals surface area contributed by atoms with Gasteiger partial charge in [-0.15, -0.1) is 0 Å². The van der Waals surface area contributed by atoms with Crippen LogP contribution in [-0.4, -0.2) is 15.6 Å². The number of carboxylic acids is 1. The van der Waals surface area contributed by atoms with Crippen molar-refractivity contribution in [2.24, 2.45) is 0 Å². The van der Waals surface area contributed by atoms with Crippen LogP contribution >= 0.6 is 0 Å². The molecule has 0 saturated heterocycles. The summed E-state index contributed by atoms with van der Waals surface area (Å²) in [5.74, 6) is -1.36. The van der Waals surface area contributed by atoms with Crippen molar-refractivity contribution >= 4 is 5.97 Å². The number of pyridine rings is 1. The number of rotatable bonds is 4. The molecular weight excluding hydrogens is 242 g/mol. The molecule has 1 aromatic heterocycles. The highest BCUT2D eigenvalue weighted by Gasteiger charge is 2.12. The molecule has 0 aliphatic rings. The first kappa shape index (κ1) is 13.1. The molecule has 0 saturated carbocycles. The first-order valence-electron chi connectivity index (χ1n) is 6.05. The smallest absolute Gasteiger partial charge is 0.310 e. The summed E-state index contributed by atoms with van der Waals surface area (Å²) < 4.78 is 1.61. The van der Waals surface area contributed by atoms with Gasteiger partial charge in [0.2, 0.25) is 0 Å². The Kier molecular flexibility index (Phi) is 3.80. The molecule has 0 bridgehead atoms. The maximum atomic E-state index is 11.6. The molecule has 4 heteroatoms. The van der Waals surface area contributed by atoms with Gasteiger partial charge in [-0.1, -0.05) is 30.3 Å². The Bertz CT molecular complexity index is 628. The van der Waals surface area contributed by atoms with Crippen molar-refractivity contribution in [1.29, 1.82) is 0 Å². The maximum absolute atomic E-state index is 11.6. The zero-order valence-corrected chi connectivity index (χ0v) is 10.6. The van der Waals surface area contributed by atoms with Gasteiger partial charge in [-0.3, -0.25) is 9.59 Å². The summed E-state index contributed by atoms with van der Waals surface area (Å²) in [6.07, 6.45) is 1.73. The Morgan fingerprint density at radius 1 is 1.21 bits per heavy atom. The monoisotopic (exact) mass is 257 g/mol. The highest BCUT2D eigenvalue weighted by molar-refractivity contribution is 5.75. The fourth-order valence-electron chi connectivity index (χ4n) is 1.84. The second-order valence-electron chi connectivity index (χ2n) is 4.47. The molecule has 0 amide bonds. The van der Waals surface area contributed by atoms with Crippen LogP contribution in [0.3, 0.4) is 0 Å². The fourth-order valence-corrected chi connectivity index (χ4v) is 1.84. The Hall–Kier alpha value is -2.36. The molecule has 0 radical (unpaired) electrons. The molecule has 2 rings (SSSR count). The van der Waals surface area contributed by atoms with Gasteiger partial charge in [-0.25, -0.2) is 0 Å².